The Labute approximate surface area is 431 Å². The number of allylic oxidation sites excluding steroid dienone is 1. The predicted octanol–water partition coefficient (Wildman–Crippen LogP) is 11.5. The summed E-state index contributed by atoms with van der Waals surface area (Å²) in [5.74, 6) is -0.926. The fourth-order valence-corrected chi connectivity index (χ4v) is 5.08. The highest BCUT2D eigenvalue weighted by Gasteiger charge is 2.31. The van der Waals surface area contributed by atoms with Gasteiger partial charge in [0.15, 0.2) is 0 Å². The van der Waals surface area contributed by atoms with Crippen LogP contribution in [0.25, 0.3) is 0 Å². The van der Waals surface area contributed by atoms with Gasteiger partial charge in [-0.2, -0.15) is 0 Å². The number of hydrogen-bond acceptors (Lipinski definition) is 9. The fourth-order valence-electron chi connectivity index (χ4n) is 4.77. The van der Waals surface area contributed by atoms with Gasteiger partial charge < -0.3 is 35.1 Å². The molecule has 0 bridgehead atoms. The van der Waals surface area contributed by atoms with E-state index in [4.69, 9.17) is 23.2 Å². The lowest BCUT2D eigenvalue weighted by Gasteiger charge is -2.28. The van der Waals surface area contributed by atoms with Crippen molar-refractivity contribution in [3.63, 3.8) is 0 Å². The Bertz CT molecular complexity index is 962. The van der Waals surface area contributed by atoms with Gasteiger partial charge in [-0.15, -0.1) is 6.58 Å². The van der Waals surface area contributed by atoms with E-state index in [2.05, 4.69) is 93.4 Å². The molecular formula is C50H114BrCl2N7O6. The number of alkyl halides is 1. The summed E-state index contributed by atoms with van der Waals surface area (Å²) in [5, 5.41) is 5.91. The Kier molecular flexibility index (Phi) is 102. The highest BCUT2D eigenvalue weighted by atomic mass is 79.9. The minimum atomic E-state index is -0.722. The third-order valence-corrected chi connectivity index (χ3v) is 9.55. The van der Waals surface area contributed by atoms with Crippen LogP contribution in [-0.2, 0) is 28.8 Å². The molecule has 0 aliphatic carbocycles. The maximum atomic E-state index is 12.3. The molecule has 0 aromatic carbocycles. The number of amides is 4. The molecule has 0 spiro atoms. The quantitative estimate of drug-likeness (QED) is 0.0418. The zero-order valence-electron chi connectivity index (χ0n) is 43.8. The van der Waals surface area contributed by atoms with Crippen molar-refractivity contribution in [1.29, 1.82) is 0 Å². The molecule has 0 radical (unpaired) electrons. The summed E-state index contributed by atoms with van der Waals surface area (Å²) in [7, 11) is 0. The van der Waals surface area contributed by atoms with E-state index in [-0.39, 0.29) is 60.2 Å². The van der Waals surface area contributed by atoms with Gasteiger partial charge >= 0.3 is 0 Å². The Hall–Kier alpha value is -2.10. The third-order valence-electron chi connectivity index (χ3n) is 8.49. The summed E-state index contributed by atoms with van der Waals surface area (Å²) in [6.07, 6.45) is 2.91. The normalized spacial score (nSPS) is 8.83. The van der Waals surface area contributed by atoms with Crippen LogP contribution in [0, 0.1) is 5.92 Å². The third kappa shape index (κ3) is 64.0. The van der Waals surface area contributed by atoms with Crippen LogP contribution in [0.5, 0.6) is 0 Å². The molecule has 13 nitrogen and oxygen atoms in total. The average molecular weight is 1060 g/mol. The molecule has 4 amide bonds. The fraction of sp³-hybridized carbons (Fsp3) is 0.840. The first-order chi connectivity index (χ1) is 29.9. The second-order valence-corrected chi connectivity index (χ2v) is 14.2. The average Bonchev–Trinajstić information content (AvgIpc) is 3.27. The second kappa shape index (κ2) is 74.4. The summed E-state index contributed by atoms with van der Waals surface area (Å²) >= 11 is 12.7. The molecule has 66 heavy (non-hydrogen) atoms. The van der Waals surface area contributed by atoms with Crippen LogP contribution in [0.1, 0.15) is 174 Å². The molecule has 0 aromatic heterocycles. The summed E-state index contributed by atoms with van der Waals surface area (Å²) in [6, 6.07) is 0. The first-order valence-electron chi connectivity index (χ1n) is 23.7. The molecule has 0 atom stereocenters. The van der Waals surface area contributed by atoms with Crippen molar-refractivity contribution in [1.82, 2.24) is 35.1 Å². The van der Waals surface area contributed by atoms with Crippen molar-refractivity contribution >= 4 is 73.2 Å². The van der Waals surface area contributed by atoms with Crippen molar-refractivity contribution < 1.29 is 30.2 Å². The molecule has 406 valence electrons. The zero-order chi connectivity index (χ0) is 51.2. The largest absolute Gasteiger partial charge is 0.343 e. The zero-order valence-corrected chi connectivity index (χ0v) is 46.9. The Morgan fingerprint density at radius 2 is 0.742 bits per heavy atom. The standard InChI is InChI=1S/C14H26N2O2.C11H22N2O2.C6H15N.2C4H11N.C3H7Br.C3H2Cl2O2.C2H6.3CH4.H2/c1-6-11-12(13(17)15(7-2)8-3)14(18)16(9-4)10-5;1-5-12(6-2)10(14)9-11(15)13(7-3)8-4;1-4-7(5-2)6-3;2*1-3-5-4-2;1-2-3-4;4-2(6)1-3(5)7;1-2;;;;/h6,12H,1,7-11H2,2-5H3;5-9H2,1-4H3;4-6H2,1-3H3;2*5H,3-4H2,1-2H3;2-3H2,1H3;1H2;1-2H3;3*1H4;1H. The molecule has 0 saturated heterocycles. The minimum Gasteiger partial charge on any atom is -0.343 e. The van der Waals surface area contributed by atoms with Gasteiger partial charge in [0, 0.05) is 59.1 Å². The molecule has 0 aliphatic heterocycles. The Morgan fingerprint density at radius 3 is 0.848 bits per heavy atom. The highest BCUT2D eigenvalue weighted by Crippen LogP contribution is 2.13. The number of halogens is 3. The lowest BCUT2D eigenvalue weighted by Crippen LogP contribution is -2.45. The van der Waals surface area contributed by atoms with Crippen LogP contribution in [0.3, 0.4) is 0 Å². The summed E-state index contributed by atoms with van der Waals surface area (Å²) in [4.78, 5) is 76.4. The summed E-state index contributed by atoms with van der Waals surface area (Å²) in [5.41, 5.74) is 0. The second-order valence-electron chi connectivity index (χ2n) is 12.5. The molecule has 16 heteroatoms. The number of carbonyl (C=O) groups is 6. The lowest BCUT2D eigenvalue weighted by molar-refractivity contribution is -0.147. The van der Waals surface area contributed by atoms with Crippen LogP contribution < -0.4 is 10.6 Å². The van der Waals surface area contributed by atoms with Crippen LogP contribution in [0.4, 0.5) is 0 Å². The van der Waals surface area contributed by atoms with E-state index in [0.717, 1.165) is 31.5 Å². The van der Waals surface area contributed by atoms with Crippen LogP contribution in [0.15, 0.2) is 12.7 Å². The minimum absolute atomic E-state index is 0. The number of hydrogen-bond donors (Lipinski definition) is 2. The summed E-state index contributed by atoms with van der Waals surface area (Å²) < 4.78 is 0. The van der Waals surface area contributed by atoms with Crippen molar-refractivity contribution in [3.8, 4) is 0 Å². The molecule has 0 saturated carbocycles. The van der Waals surface area contributed by atoms with Gasteiger partial charge in [-0.05, 0) is 137 Å². The molecule has 2 N–H and O–H groups in total. The van der Waals surface area contributed by atoms with E-state index in [0.29, 0.717) is 58.8 Å². The van der Waals surface area contributed by atoms with Crippen molar-refractivity contribution in [2.75, 3.05) is 104 Å². The van der Waals surface area contributed by atoms with E-state index in [9.17, 15) is 28.8 Å². The van der Waals surface area contributed by atoms with Gasteiger partial charge in [0.1, 0.15) is 12.3 Å². The van der Waals surface area contributed by atoms with Crippen LogP contribution >= 0.6 is 39.1 Å². The van der Waals surface area contributed by atoms with E-state index in [1.54, 1.807) is 25.7 Å². The molecule has 0 heterocycles. The van der Waals surface area contributed by atoms with E-state index < -0.39 is 16.4 Å². The number of nitrogens with one attached hydrogen (secondary N) is 2. The molecule has 0 unspecified atom stereocenters. The molecule has 0 fully saturated rings. The van der Waals surface area contributed by atoms with Crippen molar-refractivity contribution in [2.45, 2.75) is 173 Å². The van der Waals surface area contributed by atoms with Gasteiger partial charge in [-0.25, -0.2) is 0 Å². The van der Waals surface area contributed by atoms with E-state index >= 15 is 0 Å². The lowest BCUT2D eigenvalue weighted by atomic mass is 10.0. The maximum Gasteiger partial charge on any atom is 0.235 e. The summed E-state index contributed by atoms with van der Waals surface area (Å²) in [6.45, 7) is 53.3. The van der Waals surface area contributed by atoms with Crippen LogP contribution in [0.2, 0.25) is 0 Å². The monoisotopic (exact) mass is 1060 g/mol. The van der Waals surface area contributed by atoms with Crippen molar-refractivity contribution in [3.05, 3.63) is 12.7 Å². The van der Waals surface area contributed by atoms with Gasteiger partial charge in [-0.1, -0.05) is 114 Å². The van der Waals surface area contributed by atoms with Gasteiger partial charge in [0.2, 0.25) is 34.1 Å². The van der Waals surface area contributed by atoms with E-state index in [1.807, 2.05) is 69.2 Å². The molecule has 0 aliphatic rings. The first kappa shape index (κ1) is 90.3. The van der Waals surface area contributed by atoms with Gasteiger partial charge in [0.25, 0.3) is 0 Å². The van der Waals surface area contributed by atoms with E-state index in [1.165, 1.54) is 26.1 Å². The van der Waals surface area contributed by atoms with Crippen molar-refractivity contribution in [2.24, 2.45) is 5.92 Å². The van der Waals surface area contributed by atoms with Crippen LogP contribution in [-0.4, -0.2) is 162 Å². The highest BCUT2D eigenvalue weighted by molar-refractivity contribution is 9.09. The number of carbonyl (C=O) groups excluding carboxylic acids is 6. The Morgan fingerprint density at radius 1 is 0.500 bits per heavy atom. The predicted molar refractivity (Wildman–Crippen MR) is 301 cm³/mol. The molecular weight excluding hydrogens is 945 g/mol. The number of rotatable bonds is 24. The Balaban J connectivity index is -0.0000000555. The smallest absolute Gasteiger partial charge is 0.235 e. The number of nitrogens with zero attached hydrogens (tertiary/aromatic N) is 5. The van der Waals surface area contributed by atoms with Gasteiger partial charge in [-0.3, -0.25) is 28.8 Å². The molecule has 0 rings (SSSR count). The SMILES string of the molecule is C.C.C.C=CCC(C(=O)N(CC)CC)C(=O)N(CC)CC.CC.CCCBr.CCN(CC)C(=O)CC(=O)N(CC)CC.CCN(CC)CC.CCNCC.CCNCC.O=C(Cl)CC(=O)Cl.[HH]. The molecule has 0 aromatic rings. The first-order valence-corrected chi connectivity index (χ1v) is 25.6. The topological polar surface area (TPSA) is 143 Å². The maximum absolute atomic E-state index is 12.3. The van der Waals surface area contributed by atoms with Gasteiger partial charge in [0.05, 0.1) is 6.42 Å².